The Hall–Kier alpha value is -2.68. The van der Waals surface area contributed by atoms with Gasteiger partial charge in [-0.25, -0.2) is 0 Å². The van der Waals surface area contributed by atoms with Crippen molar-refractivity contribution in [1.29, 1.82) is 0 Å². The first-order chi connectivity index (χ1) is 9.24. The standard InChI is InChI=1S/C16H12N2O/c17-16(19)13-7-8-14-10-18-15-4-2-1-3-11(15)5-6-12(14)9-13/h1-10H,(H2,17,19)/b6-5?,11-5-,12-6-,14-10-,18-10?,18-15-. The van der Waals surface area contributed by atoms with Crippen molar-refractivity contribution in [3.8, 4) is 0 Å². The van der Waals surface area contributed by atoms with Crippen LogP contribution >= 0.6 is 0 Å². The van der Waals surface area contributed by atoms with Crippen LogP contribution in [0.5, 0.6) is 0 Å². The van der Waals surface area contributed by atoms with Crippen LogP contribution < -0.4 is 26.7 Å². The van der Waals surface area contributed by atoms with Gasteiger partial charge in [0.1, 0.15) is 0 Å². The minimum atomic E-state index is -0.421. The highest BCUT2D eigenvalue weighted by molar-refractivity contribution is 5.92. The number of hydrogen-bond donors (Lipinski definition) is 1. The van der Waals surface area contributed by atoms with Crippen LogP contribution in [0.15, 0.2) is 47.5 Å². The van der Waals surface area contributed by atoms with Crippen molar-refractivity contribution in [3.05, 3.63) is 69.0 Å². The Morgan fingerprint density at radius 2 is 1.74 bits per heavy atom. The Balaban J connectivity index is 2.34. The van der Waals surface area contributed by atoms with E-state index >= 15 is 0 Å². The molecule has 0 bridgehead atoms. The van der Waals surface area contributed by atoms with Gasteiger partial charge in [-0.2, -0.15) is 0 Å². The maximum absolute atomic E-state index is 11.2. The lowest BCUT2D eigenvalue weighted by molar-refractivity contribution is 0.1000. The fraction of sp³-hybridized carbons (Fsp3) is 0. The van der Waals surface area contributed by atoms with E-state index in [4.69, 9.17) is 5.73 Å². The molecule has 1 aliphatic heterocycles. The molecular weight excluding hydrogens is 236 g/mol. The maximum atomic E-state index is 11.2. The molecule has 19 heavy (non-hydrogen) atoms. The van der Waals surface area contributed by atoms with Gasteiger partial charge >= 0.3 is 0 Å². The number of para-hydroxylation sites is 1. The molecule has 3 heteroatoms. The van der Waals surface area contributed by atoms with E-state index in [-0.39, 0.29) is 0 Å². The third-order valence-corrected chi connectivity index (χ3v) is 3.09. The number of carbonyl (C=O) groups excluding carboxylic acids is 1. The Morgan fingerprint density at radius 3 is 2.58 bits per heavy atom. The summed E-state index contributed by atoms with van der Waals surface area (Å²) in [6.45, 7) is 0. The van der Waals surface area contributed by atoms with Crippen LogP contribution in [0.1, 0.15) is 10.4 Å². The number of nitrogens with two attached hydrogens (primary N) is 1. The minimum Gasteiger partial charge on any atom is -0.366 e. The molecule has 2 aromatic rings. The van der Waals surface area contributed by atoms with E-state index in [1.165, 1.54) is 0 Å². The summed E-state index contributed by atoms with van der Waals surface area (Å²) < 4.78 is 0. The second-order valence-corrected chi connectivity index (χ2v) is 4.36. The van der Waals surface area contributed by atoms with Crippen LogP contribution in [0.25, 0.3) is 18.4 Å². The molecule has 92 valence electrons. The van der Waals surface area contributed by atoms with Crippen LogP contribution in [0.4, 0.5) is 0 Å². The van der Waals surface area contributed by atoms with Gasteiger partial charge in [0.05, 0.1) is 5.36 Å². The van der Waals surface area contributed by atoms with E-state index in [2.05, 4.69) is 4.99 Å². The van der Waals surface area contributed by atoms with Crippen molar-refractivity contribution in [2.45, 2.75) is 0 Å². The van der Waals surface area contributed by atoms with Gasteiger partial charge in [0.25, 0.3) is 0 Å². The molecule has 3 nitrogen and oxygen atoms in total. The molecular formula is C16H12N2O. The van der Waals surface area contributed by atoms with Crippen LogP contribution in [-0.2, 0) is 0 Å². The van der Waals surface area contributed by atoms with Gasteiger partial charge < -0.3 is 5.73 Å². The third-order valence-electron chi connectivity index (χ3n) is 3.09. The molecule has 0 radical (unpaired) electrons. The quantitative estimate of drug-likeness (QED) is 0.721. The monoisotopic (exact) mass is 248 g/mol. The molecule has 0 spiro atoms. The smallest absolute Gasteiger partial charge is 0.248 e. The summed E-state index contributed by atoms with van der Waals surface area (Å²) in [5, 5.41) is 3.89. The van der Waals surface area contributed by atoms with Crippen molar-refractivity contribution in [2.24, 2.45) is 10.7 Å². The Morgan fingerprint density at radius 1 is 0.947 bits per heavy atom. The van der Waals surface area contributed by atoms with Crippen LogP contribution in [0, 0.1) is 0 Å². The number of primary amides is 1. The van der Waals surface area contributed by atoms with Gasteiger partial charge in [-0.05, 0) is 23.4 Å². The van der Waals surface area contributed by atoms with Gasteiger partial charge in [-0.15, -0.1) is 0 Å². The SMILES string of the molecule is NC(=O)c1ccc2/c(c1)=C\C=c1\cccc\c1=N\C=2. The first-order valence-corrected chi connectivity index (χ1v) is 5.99. The highest BCUT2D eigenvalue weighted by Crippen LogP contribution is 1.90. The summed E-state index contributed by atoms with van der Waals surface area (Å²) in [6, 6.07) is 13.3. The predicted molar refractivity (Wildman–Crippen MR) is 74.8 cm³/mol. The summed E-state index contributed by atoms with van der Waals surface area (Å²) in [5.41, 5.74) is 5.80. The second-order valence-electron chi connectivity index (χ2n) is 4.36. The first kappa shape index (κ1) is 11.4. The summed E-state index contributed by atoms with van der Waals surface area (Å²) in [5.74, 6) is -0.421. The average molecular weight is 248 g/mol. The van der Waals surface area contributed by atoms with Crippen LogP contribution in [-0.4, -0.2) is 5.91 Å². The van der Waals surface area contributed by atoms with E-state index in [0.717, 1.165) is 21.0 Å². The molecule has 0 atom stereocenters. The van der Waals surface area contributed by atoms with E-state index in [0.29, 0.717) is 5.56 Å². The molecule has 0 saturated carbocycles. The molecule has 2 aromatic carbocycles. The number of benzene rings is 2. The molecule has 1 heterocycles. The van der Waals surface area contributed by atoms with Crippen molar-refractivity contribution >= 4 is 24.3 Å². The van der Waals surface area contributed by atoms with E-state index in [1.54, 1.807) is 12.1 Å². The zero-order chi connectivity index (χ0) is 13.2. The van der Waals surface area contributed by atoms with E-state index in [9.17, 15) is 4.79 Å². The number of rotatable bonds is 1. The first-order valence-electron chi connectivity index (χ1n) is 5.99. The molecule has 0 saturated heterocycles. The summed E-state index contributed by atoms with van der Waals surface area (Å²) in [6.07, 6.45) is 5.78. The molecule has 0 aromatic heterocycles. The molecule has 0 fully saturated rings. The normalized spacial score (nSPS) is 19.4. The molecule has 0 unspecified atom stereocenters. The van der Waals surface area contributed by atoms with Gasteiger partial charge in [0, 0.05) is 22.2 Å². The Bertz CT molecular complexity index is 895. The molecule has 0 aliphatic carbocycles. The van der Waals surface area contributed by atoms with Crippen molar-refractivity contribution in [1.82, 2.24) is 0 Å². The third kappa shape index (κ3) is 2.18. The molecule has 3 rings (SSSR count). The Kier molecular flexibility index (Phi) is 2.72. The largest absolute Gasteiger partial charge is 0.366 e. The summed E-state index contributed by atoms with van der Waals surface area (Å²) in [4.78, 5) is 15.7. The van der Waals surface area contributed by atoms with Crippen molar-refractivity contribution < 1.29 is 4.79 Å². The summed E-state index contributed by atoms with van der Waals surface area (Å²) in [7, 11) is 0. The number of amides is 1. The van der Waals surface area contributed by atoms with E-state index < -0.39 is 5.91 Å². The zero-order valence-corrected chi connectivity index (χ0v) is 10.2. The maximum Gasteiger partial charge on any atom is 0.248 e. The molecule has 1 aliphatic rings. The lowest BCUT2D eigenvalue weighted by Gasteiger charge is -1.97. The number of fused-ring (bicyclic) bond motifs is 2. The highest BCUT2D eigenvalue weighted by atomic mass is 16.1. The minimum absolute atomic E-state index is 0.421. The van der Waals surface area contributed by atoms with Crippen LogP contribution in [0.3, 0.4) is 0 Å². The van der Waals surface area contributed by atoms with Gasteiger partial charge in [0.2, 0.25) is 5.91 Å². The van der Waals surface area contributed by atoms with Gasteiger partial charge in [-0.1, -0.05) is 36.4 Å². The van der Waals surface area contributed by atoms with Gasteiger partial charge in [-0.3, -0.25) is 9.79 Å². The van der Waals surface area contributed by atoms with Crippen molar-refractivity contribution in [2.75, 3.05) is 0 Å². The number of carbonyl (C=O) groups is 1. The summed E-state index contributed by atoms with van der Waals surface area (Å²) >= 11 is 0. The van der Waals surface area contributed by atoms with Gasteiger partial charge in [0.15, 0.2) is 0 Å². The second kappa shape index (κ2) is 4.53. The molecule has 1 amide bonds. The lowest BCUT2D eigenvalue weighted by Crippen LogP contribution is -2.30. The number of nitrogens with zero attached hydrogens (tertiary/aromatic N) is 1. The predicted octanol–water partition coefficient (Wildman–Crippen LogP) is -0.582. The fourth-order valence-electron chi connectivity index (χ4n) is 2.05. The average Bonchev–Trinajstić information content (AvgIpc) is 2.41. The fourth-order valence-corrected chi connectivity index (χ4v) is 2.05. The highest BCUT2D eigenvalue weighted by Gasteiger charge is 1.99. The van der Waals surface area contributed by atoms with Crippen molar-refractivity contribution in [3.63, 3.8) is 0 Å². The topological polar surface area (TPSA) is 55.5 Å². The zero-order valence-electron chi connectivity index (χ0n) is 10.2. The van der Waals surface area contributed by atoms with Crippen LogP contribution in [0.2, 0.25) is 0 Å². The van der Waals surface area contributed by atoms with E-state index in [1.807, 2.05) is 48.7 Å². The lowest BCUT2D eigenvalue weighted by atomic mass is 10.1. The molecule has 2 N–H and O–H groups in total. The Labute approximate surface area is 109 Å². The number of hydrogen-bond acceptors (Lipinski definition) is 2.